The Morgan fingerprint density at radius 1 is 1.15 bits per heavy atom. The van der Waals surface area contributed by atoms with Crippen LogP contribution in [0.4, 0.5) is 0 Å². The van der Waals surface area contributed by atoms with Crippen molar-refractivity contribution in [2.75, 3.05) is 32.8 Å². The van der Waals surface area contributed by atoms with E-state index in [0.717, 1.165) is 64.1 Å². The molecule has 0 unspecified atom stereocenters. The maximum atomic E-state index is 12.7. The number of hydrogen-bond acceptors (Lipinski definition) is 9. The molecule has 0 radical (unpaired) electrons. The molecule has 0 amide bonds. The van der Waals surface area contributed by atoms with Crippen LogP contribution in [-0.2, 0) is 23.1 Å². The number of nitrogens with zero attached hydrogens (tertiary/aromatic N) is 5. The maximum absolute atomic E-state index is 12.7. The summed E-state index contributed by atoms with van der Waals surface area (Å²) in [6.07, 6.45) is 2.66. The molecule has 10 heteroatoms. The molecule has 4 aromatic heterocycles. The van der Waals surface area contributed by atoms with E-state index in [1.165, 1.54) is 0 Å². The summed E-state index contributed by atoms with van der Waals surface area (Å²) in [6.45, 7) is 13.0. The first-order chi connectivity index (χ1) is 19.7. The molecule has 0 aliphatic carbocycles. The Morgan fingerprint density at radius 3 is 2.73 bits per heavy atom. The van der Waals surface area contributed by atoms with Gasteiger partial charge in [-0.2, -0.15) is 0 Å². The van der Waals surface area contributed by atoms with Crippen LogP contribution in [0.15, 0.2) is 53.2 Å². The molecule has 9 nitrogen and oxygen atoms in total. The van der Waals surface area contributed by atoms with E-state index >= 15 is 0 Å². The summed E-state index contributed by atoms with van der Waals surface area (Å²) in [4.78, 5) is 26.4. The normalized spacial score (nSPS) is 16.5. The summed E-state index contributed by atoms with van der Waals surface area (Å²) in [5.74, 6) is 1.54. The summed E-state index contributed by atoms with van der Waals surface area (Å²) in [6, 6.07) is 14.4. The van der Waals surface area contributed by atoms with Crippen LogP contribution in [0.1, 0.15) is 44.7 Å². The molecule has 6 rings (SSSR count). The van der Waals surface area contributed by atoms with Gasteiger partial charge in [-0.25, -0.2) is 9.97 Å². The maximum Gasteiger partial charge on any atom is 0.214 e. The molecule has 1 aromatic carbocycles. The fourth-order valence-corrected chi connectivity index (χ4v) is 6.09. The Kier molecular flexibility index (Phi) is 7.63. The number of imidazole rings is 1. The number of carbonyl (C=O) groups excluding carboxylic acids is 1. The van der Waals surface area contributed by atoms with Crippen LogP contribution in [0.3, 0.4) is 0 Å². The van der Waals surface area contributed by atoms with Crippen LogP contribution < -0.4 is 10.1 Å². The minimum atomic E-state index is -0.129. The van der Waals surface area contributed by atoms with Gasteiger partial charge >= 0.3 is 0 Å². The van der Waals surface area contributed by atoms with Crippen molar-refractivity contribution < 1.29 is 14.1 Å². The highest BCUT2D eigenvalue weighted by molar-refractivity contribution is 7.23. The van der Waals surface area contributed by atoms with E-state index in [2.05, 4.69) is 47.5 Å². The first kappa shape index (κ1) is 27.6. The van der Waals surface area contributed by atoms with E-state index in [9.17, 15) is 4.79 Å². The zero-order valence-electron chi connectivity index (χ0n) is 24.0. The van der Waals surface area contributed by atoms with Gasteiger partial charge in [0.1, 0.15) is 23.0 Å². The van der Waals surface area contributed by atoms with E-state index in [1.54, 1.807) is 11.3 Å². The van der Waals surface area contributed by atoms with Gasteiger partial charge in [-0.15, -0.1) is 0 Å². The van der Waals surface area contributed by atoms with Crippen molar-refractivity contribution in [1.82, 2.24) is 29.7 Å². The molecular weight excluding hydrogens is 536 g/mol. The monoisotopic (exact) mass is 572 g/mol. The zero-order valence-corrected chi connectivity index (χ0v) is 24.8. The summed E-state index contributed by atoms with van der Waals surface area (Å²) < 4.78 is 13.5. The Morgan fingerprint density at radius 2 is 1.98 bits per heavy atom. The predicted molar refractivity (Wildman–Crippen MR) is 161 cm³/mol. The molecule has 1 aliphatic rings. The molecule has 0 bridgehead atoms. The Balaban J connectivity index is 1.07. The van der Waals surface area contributed by atoms with E-state index in [1.807, 2.05) is 48.7 Å². The molecule has 5 heterocycles. The van der Waals surface area contributed by atoms with Gasteiger partial charge in [-0.3, -0.25) is 14.1 Å². The highest BCUT2D eigenvalue weighted by Crippen LogP contribution is 2.30. The number of carbonyl (C=O) groups is 1. The average Bonchev–Trinajstić information content (AvgIpc) is 3.64. The van der Waals surface area contributed by atoms with Gasteiger partial charge in [0.05, 0.1) is 23.3 Å². The third-order valence-corrected chi connectivity index (χ3v) is 8.34. The quantitative estimate of drug-likeness (QED) is 0.266. The molecule has 5 aromatic rings. The molecule has 1 atom stereocenters. The SMILES string of the molecule is C[C@@H]1CN(CCOc2ccc3c(n2)sc2nc(-c4ccc(CC(=O)Cc5cc(C(C)(C)C)on5)cc4)cn23)CCN1. The van der Waals surface area contributed by atoms with Crippen molar-refractivity contribution in [1.29, 1.82) is 0 Å². The number of thiazole rings is 1. The number of rotatable bonds is 9. The Hall–Kier alpha value is -3.60. The lowest BCUT2D eigenvalue weighted by Gasteiger charge is -2.31. The largest absolute Gasteiger partial charge is 0.476 e. The minimum Gasteiger partial charge on any atom is -0.476 e. The van der Waals surface area contributed by atoms with Crippen molar-refractivity contribution in [2.24, 2.45) is 0 Å². The molecule has 1 fully saturated rings. The number of fused-ring (bicyclic) bond motifs is 3. The van der Waals surface area contributed by atoms with Crippen molar-refractivity contribution in [3.8, 4) is 17.1 Å². The summed E-state index contributed by atoms with van der Waals surface area (Å²) in [7, 11) is 0. The second-order valence-electron chi connectivity index (χ2n) is 11.9. The Bertz CT molecular complexity index is 1660. The predicted octanol–water partition coefficient (Wildman–Crippen LogP) is 4.92. The van der Waals surface area contributed by atoms with Crippen LogP contribution in [0, 0.1) is 0 Å². The number of hydrogen-bond donors (Lipinski definition) is 1. The zero-order chi connectivity index (χ0) is 28.6. The molecule has 41 heavy (non-hydrogen) atoms. The number of ether oxygens (including phenoxy) is 1. The van der Waals surface area contributed by atoms with Crippen molar-refractivity contribution >= 4 is 32.4 Å². The number of ketones is 1. The average molecular weight is 573 g/mol. The van der Waals surface area contributed by atoms with Crippen LogP contribution in [0.2, 0.25) is 0 Å². The fourth-order valence-electron chi connectivity index (χ4n) is 5.12. The van der Waals surface area contributed by atoms with Gasteiger partial charge in [0.15, 0.2) is 4.96 Å². The number of piperazine rings is 1. The second-order valence-corrected chi connectivity index (χ2v) is 12.8. The minimum absolute atomic E-state index is 0.106. The van der Waals surface area contributed by atoms with E-state index in [0.29, 0.717) is 30.6 Å². The lowest BCUT2D eigenvalue weighted by Crippen LogP contribution is -2.50. The molecular formula is C31H36N6O3S. The van der Waals surface area contributed by atoms with Gasteiger partial charge in [0, 0.05) is 67.9 Å². The summed E-state index contributed by atoms with van der Waals surface area (Å²) >= 11 is 1.55. The van der Waals surface area contributed by atoms with Crippen molar-refractivity contribution in [3.63, 3.8) is 0 Å². The van der Waals surface area contributed by atoms with Gasteiger partial charge in [0.25, 0.3) is 0 Å². The first-order valence-electron chi connectivity index (χ1n) is 14.2. The van der Waals surface area contributed by atoms with Crippen LogP contribution in [0.5, 0.6) is 5.88 Å². The fraction of sp³-hybridized carbons (Fsp3) is 0.419. The van der Waals surface area contributed by atoms with Crippen molar-refractivity contribution in [2.45, 2.75) is 52.0 Å². The number of benzene rings is 1. The van der Waals surface area contributed by atoms with E-state index in [-0.39, 0.29) is 17.6 Å². The van der Waals surface area contributed by atoms with Gasteiger partial charge in [-0.05, 0) is 18.6 Å². The molecule has 1 N–H and O–H groups in total. The van der Waals surface area contributed by atoms with Crippen LogP contribution in [-0.4, -0.2) is 69.0 Å². The van der Waals surface area contributed by atoms with Crippen LogP contribution in [0.25, 0.3) is 26.6 Å². The Labute approximate surface area is 243 Å². The first-order valence-corrected chi connectivity index (χ1v) is 15.0. The summed E-state index contributed by atoms with van der Waals surface area (Å²) in [5, 5.41) is 7.54. The number of pyridine rings is 1. The van der Waals surface area contributed by atoms with E-state index < -0.39 is 0 Å². The lowest BCUT2D eigenvalue weighted by molar-refractivity contribution is -0.117. The number of aromatic nitrogens is 4. The van der Waals surface area contributed by atoms with Gasteiger partial charge in [-0.1, -0.05) is 61.5 Å². The lowest BCUT2D eigenvalue weighted by atomic mass is 9.93. The van der Waals surface area contributed by atoms with Crippen LogP contribution >= 0.6 is 11.3 Å². The van der Waals surface area contributed by atoms with Crippen molar-refractivity contribution in [3.05, 3.63) is 65.7 Å². The molecule has 1 aliphatic heterocycles. The highest BCUT2D eigenvalue weighted by atomic mass is 32.1. The second kappa shape index (κ2) is 11.3. The number of nitrogens with one attached hydrogen (secondary N) is 1. The molecule has 0 saturated carbocycles. The third-order valence-electron chi connectivity index (χ3n) is 7.37. The number of Topliss-reactive ketones (excluding diaryl/α,β-unsaturated/α-hetero) is 1. The molecule has 214 valence electrons. The third kappa shape index (κ3) is 6.34. The molecule has 1 saturated heterocycles. The topological polar surface area (TPSA) is 97.8 Å². The van der Waals surface area contributed by atoms with Gasteiger partial charge < -0.3 is 14.6 Å². The van der Waals surface area contributed by atoms with Gasteiger partial charge in [0.2, 0.25) is 5.88 Å². The summed E-state index contributed by atoms with van der Waals surface area (Å²) in [5.41, 5.74) is 4.42. The smallest absolute Gasteiger partial charge is 0.214 e. The highest BCUT2D eigenvalue weighted by Gasteiger charge is 2.21. The molecule has 0 spiro atoms. The van der Waals surface area contributed by atoms with E-state index in [4.69, 9.17) is 19.2 Å². The standard InChI is InChI=1S/C31H36N6O3S/c1-20-18-36(12-11-32-20)13-14-39-28-10-9-26-29(34-28)41-30-33-25(19-37(26)30)22-7-5-21(6-8-22)15-24(38)16-23-17-27(40-35-23)31(2,3)4/h5-10,17,19-20,32H,11-16,18H2,1-4H3/t20-/m1/s1.